The molecule has 2 heterocycles. The Labute approximate surface area is 162 Å². The monoisotopic (exact) mass is 372 g/mol. The second-order valence-corrected chi connectivity index (χ2v) is 6.29. The first-order chi connectivity index (χ1) is 13.7. The van der Waals surface area contributed by atoms with E-state index in [-0.39, 0.29) is 0 Å². The molecule has 0 amide bonds. The maximum atomic E-state index is 5.26. The molecule has 0 atom stereocenters. The average Bonchev–Trinajstić information content (AvgIpc) is 3.30. The standard InChI is InChI=1S/C21H20N6O/c1-15-23-24-16(2)27(15)22-13-18-14-26(19-7-5-4-6-8-19)25-21(18)17-9-11-20(28-3)12-10-17/h4-14H,1-3H3. The van der Waals surface area contributed by atoms with Gasteiger partial charge in [-0.15, -0.1) is 10.2 Å². The molecule has 0 spiro atoms. The van der Waals surface area contributed by atoms with E-state index in [0.29, 0.717) is 0 Å². The molecule has 28 heavy (non-hydrogen) atoms. The normalized spacial score (nSPS) is 11.2. The van der Waals surface area contributed by atoms with Crippen LogP contribution in [0, 0.1) is 13.8 Å². The maximum absolute atomic E-state index is 5.26. The van der Waals surface area contributed by atoms with Crippen LogP contribution < -0.4 is 4.74 Å². The number of methoxy groups -OCH3 is 1. The van der Waals surface area contributed by atoms with Crippen LogP contribution in [0.25, 0.3) is 16.9 Å². The molecule has 2 aromatic heterocycles. The quantitative estimate of drug-likeness (QED) is 0.502. The number of ether oxygens (including phenoxy) is 1. The Morgan fingerprint density at radius 3 is 2.25 bits per heavy atom. The van der Waals surface area contributed by atoms with E-state index in [4.69, 9.17) is 9.84 Å². The molecule has 0 N–H and O–H groups in total. The Balaban J connectivity index is 1.79. The molecule has 0 aliphatic carbocycles. The van der Waals surface area contributed by atoms with E-state index in [9.17, 15) is 0 Å². The van der Waals surface area contributed by atoms with Gasteiger partial charge in [-0.2, -0.15) is 10.2 Å². The Morgan fingerprint density at radius 1 is 0.929 bits per heavy atom. The third-order valence-electron chi connectivity index (χ3n) is 4.39. The Morgan fingerprint density at radius 2 is 1.61 bits per heavy atom. The third kappa shape index (κ3) is 3.42. The van der Waals surface area contributed by atoms with E-state index in [0.717, 1.165) is 39.9 Å². The Bertz CT molecular complexity index is 1090. The van der Waals surface area contributed by atoms with E-state index in [1.807, 2.05) is 79.3 Å². The summed E-state index contributed by atoms with van der Waals surface area (Å²) in [6.45, 7) is 3.74. The summed E-state index contributed by atoms with van der Waals surface area (Å²) in [6, 6.07) is 17.8. The summed E-state index contributed by atoms with van der Waals surface area (Å²) in [5.41, 5.74) is 3.68. The lowest BCUT2D eigenvalue weighted by Gasteiger charge is -2.03. The molecule has 2 aromatic carbocycles. The zero-order chi connectivity index (χ0) is 19.5. The highest BCUT2D eigenvalue weighted by Gasteiger charge is 2.12. The molecular formula is C21H20N6O. The number of aromatic nitrogens is 5. The van der Waals surface area contributed by atoms with Gasteiger partial charge in [-0.05, 0) is 50.2 Å². The number of benzene rings is 2. The number of hydrogen-bond acceptors (Lipinski definition) is 5. The van der Waals surface area contributed by atoms with Crippen molar-refractivity contribution in [3.8, 4) is 22.7 Å². The van der Waals surface area contributed by atoms with Gasteiger partial charge in [0.15, 0.2) is 11.6 Å². The first-order valence-corrected chi connectivity index (χ1v) is 8.88. The van der Waals surface area contributed by atoms with Crippen LogP contribution in [0.3, 0.4) is 0 Å². The summed E-state index contributed by atoms with van der Waals surface area (Å²) in [5.74, 6) is 2.27. The number of rotatable bonds is 5. The molecule has 0 saturated carbocycles. The van der Waals surface area contributed by atoms with Crippen molar-refractivity contribution in [3.05, 3.63) is 78.0 Å². The van der Waals surface area contributed by atoms with Crippen molar-refractivity contribution in [2.75, 3.05) is 7.11 Å². The van der Waals surface area contributed by atoms with E-state index in [2.05, 4.69) is 15.3 Å². The lowest BCUT2D eigenvalue weighted by atomic mass is 10.1. The number of aryl methyl sites for hydroxylation is 2. The summed E-state index contributed by atoms with van der Waals surface area (Å²) >= 11 is 0. The molecule has 4 aromatic rings. The van der Waals surface area contributed by atoms with Crippen LogP contribution in [-0.2, 0) is 0 Å². The number of hydrogen-bond donors (Lipinski definition) is 0. The lowest BCUT2D eigenvalue weighted by Crippen LogP contribution is -1.96. The summed E-state index contributed by atoms with van der Waals surface area (Å²) < 4.78 is 8.82. The number of nitrogens with zero attached hydrogens (tertiary/aromatic N) is 6. The van der Waals surface area contributed by atoms with Crippen molar-refractivity contribution >= 4 is 6.21 Å². The van der Waals surface area contributed by atoms with Crippen molar-refractivity contribution in [1.82, 2.24) is 24.7 Å². The highest BCUT2D eigenvalue weighted by atomic mass is 16.5. The van der Waals surface area contributed by atoms with Gasteiger partial charge in [-0.1, -0.05) is 18.2 Å². The minimum Gasteiger partial charge on any atom is -0.497 e. The first-order valence-electron chi connectivity index (χ1n) is 8.88. The fraction of sp³-hybridized carbons (Fsp3) is 0.143. The molecule has 7 heteroatoms. The molecule has 4 rings (SSSR count). The minimum atomic E-state index is 0.732. The van der Waals surface area contributed by atoms with Crippen LogP contribution in [0.15, 0.2) is 65.9 Å². The second-order valence-electron chi connectivity index (χ2n) is 6.29. The summed E-state index contributed by atoms with van der Waals surface area (Å²) in [5, 5.41) is 17.4. The van der Waals surface area contributed by atoms with Gasteiger partial charge < -0.3 is 4.74 Å². The van der Waals surface area contributed by atoms with Crippen molar-refractivity contribution in [2.45, 2.75) is 13.8 Å². The third-order valence-corrected chi connectivity index (χ3v) is 4.39. The van der Waals surface area contributed by atoms with Gasteiger partial charge in [0.2, 0.25) is 0 Å². The number of para-hydroxylation sites is 1. The highest BCUT2D eigenvalue weighted by molar-refractivity contribution is 5.88. The first kappa shape index (κ1) is 17.7. The predicted molar refractivity (Wildman–Crippen MR) is 108 cm³/mol. The minimum absolute atomic E-state index is 0.732. The van der Waals surface area contributed by atoms with Crippen LogP contribution in [0.5, 0.6) is 5.75 Å². The zero-order valence-electron chi connectivity index (χ0n) is 15.9. The second kappa shape index (κ2) is 7.48. The van der Waals surface area contributed by atoms with E-state index < -0.39 is 0 Å². The largest absolute Gasteiger partial charge is 0.497 e. The van der Waals surface area contributed by atoms with Crippen LogP contribution >= 0.6 is 0 Å². The molecule has 0 aliphatic rings. The molecule has 0 fully saturated rings. The van der Waals surface area contributed by atoms with Crippen molar-refractivity contribution < 1.29 is 4.74 Å². The van der Waals surface area contributed by atoms with Crippen LogP contribution in [0.2, 0.25) is 0 Å². The van der Waals surface area contributed by atoms with E-state index in [1.54, 1.807) is 18.0 Å². The molecule has 140 valence electrons. The Hall–Kier alpha value is -3.74. The van der Waals surface area contributed by atoms with Crippen LogP contribution in [0.1, 0.15) is 17.2 Å². The van der Waals surface area contributed by atoms with E-state index in [1.165, 1.54) is 0 Å². The van der Waals surface area contributed by atoms with Crippen LogP contribution in [-0.4, -0.2) is 38.0 Å². The molecule has 7 nitrogen and oxygen atoms in total. The zero-order valence-corrected chi connectivity index (χ0v) is 15.9. The van der Waals surface area contributed by atoms with Gasteiger partial charge in [0.05, 0.1) is 19.0 Å². The van der Waals surface area contributed by atoms with Crippen molar-refractivity contribution in [3.63, 3.8) is 0 Å². The van der Waals surface area contributed by atoms with Gasteiger partial charge in [0.25, 0.3) is 0 Å². The maximum Gasteiger partial charge on any atom is 0.151 e. The molecule has 0 saturated heterocycles. The van der Waals surface area contributed by atoms with Crippen molar-refractivity contribution in [2.24, 2.45) is 5.10 Å². The lowest BCUT2D eigenvalue weighted by molar-refractivity contribution is 0.415. The summed E-state index contributed by atoms with van der Waals surface area (Å²) in [6.07, 6.45) is 3.75. The van der Waals surface area contributed by atoms with Gasteiger partial charge >= 0.3 is 0 Å². The van der Waals surface area contributed by atoms with E-state index >= 15 is 0 Å². The predicted octanol–water partition coefficient (Wildman–Crippen LogP) is 3.64. The summed E-state index contributed by atoms with van der Waals surface area (Å²) in [7, 11) is 1.65. The molecule has 0 radical (unpaired) electrons. The van der Waals surface area contributed by atoms with Crippen LogP contribution in [0.4, 0.5) is 0 Å². The van der Waals surface area contributed by atoms with Gasteiger partial charge in [0.1, 0.15) is 11.4 Å². The van der Waals surface area contributed by atoms with Crippen molar-refractivity contribution in [1.29, 1.82) is 0 Å². The average molecular weight is 372 g/mol. The fourth-order valence-corrected chi connectivity index (χ4v) is 2.92. The van der Waals surface area contributed by atoms with Gasteiger partial charge in [-0.3, -0.25) is 0 Å². The SMILES string of the molecule is COc1ccc(-c2nn(-c3ccccc3)cc2C=Nn2c(C)nnc2C)cc1. The molecular weight excluding hydrogens is 352 g/mol. The molecule has 0 aliphatic heterocycles. The molecule has 0 unspecified atom stereocenters. The molecule has 0 bridgehead atoms. The fourth-order valence-electron chi connectivity index (χ4n) is 2.92. The smallest absolute Gasteiger partial charge is 0.151 e. The Kier molecular flexibility index (Phi) is 4.72. The summed E-state index contributed by atoms with van der Waals surface area (Å²) in [4.78, 5) is 0. The van der Waals surface area contributed by atoms with Gasteiger partial charge in [0, 0.05) is 17.3 Å². The highest BCUT2D eigenvalue weighted by Crippen LogP contribution is 2.25. The topological polar surface area (TPSA) is 70.1 Å². The van der Waals surface area contributed by atoms with Gasteiger partial charge in [-0.25, -0.2) is 9.36 Å².